The Bertz CT molecular complexity index is 1460. The van der Waals surface area contributed by atoms with Crippen LogP contribution in [0.5, 0.6) is 0 Å². The molecule has 0 amide bonds. The van der Waals surface area contributed by atoms with Crippen molar-refractivity contribution < 1.29 is 51.4 Å². The molecule has 15 nitrogen and oxygen atoms in total. The number of pyridine rings is 1. The molecule has 0 aliphatic heterocycles. The molecule has 1 aliphatic carbocycles. The highest BCUT2D eigenvalue weighted by molar-refractivity contribution is 7.48. The summed E-state index contributed by atoms with van der Waals surface area (Å²) >= 11 is 0. The summed E-state index contributed by atoms with van der Waals surface area (Å²) in [6.07, 6.45) is -1.72. The van der Waals surface area contributed by atoms with E-state index in [0.717, 1.165) is 10.9 Å². The van der Waals surface area contributed by atoms with Crippen molar-refractivity contribution in [2.24, 2.45) is 0 Å². The fourth-order valence-electron chi connectivity index (χ4n) is 4.27. The number of hydrogen-bond donors (Lipinski definition) is 1. The molecule has 2 aromatic heterocycles. The van der Waals surface area contributed by atoms with Gasteiger partial charge < -0.3 is 34.0 Å². The first-order valence-corrected chi connectivity index (χ1v) is 15.3. The van der Waals surface area contributed by atoms with Crippen molar-refractivity contribution in [3.8, 4) is 0 Å². The van der Waals surface area contributed by atoms with E-state index in [9.17, 15) is 14.2 Å². The molecule has 236 valence electrons. The topological polar surface area (TPSA) is 182 Å². The number of nitrogens with two attached hydrogens (primary N) is 1. The predicted octanol–water partition coefficient (Wildman–Crippen LogP) is 5.39. The molecule has 43 heavy (non-hydrogen) atoms. The van der Waals surface area contributed by atoms with E-state index in [4.69, 9.17) is 48.0 Å². The van der Waals surface area contributed by atoms with Gasteiger partial charge >= 0.3 is 20.1 Å². The zero-order chi connectivity index (χ0) is 31.2. The average molecular weight is 625 g/mol. The number of rotatable bonds is 15. The first kappa shape index (κ1) is 32.4. The van der Waals surface area contributed by atoms with Crippen LogP contribution in [-0.4, -0.2) is 65.9 Å². The number of imidazole rings is 1. The number of para-hydroxylation sites is 1. The number of fused-ring (bicyclic) bond motifs is 3. The monoisotopic (exact) mass is 624 g/mol. The van der Waals surface area contributed by atoms with Crippen molar-refractivity contribution in [3.05, 3.63) is 30.1 Å². The summed E-state index contributed by atoms with van der Waals surface area (Å²) in [5.74, 6) is 0.842. The standard InChI is InChI=1S/C27H37N4O11P/c1-6-35-13-21-30-22-23(19-9-7-8-10-20(19)29-24(22)28)31(21)27(11-12-27)14-38-43(34,39-15-36-25(32)41-17(2)3)40-16-37-26(33)42-18(4)5/h7-10,17-18H,6,11-16H2,1-5H3,(H2,28,29). The van der Waals surface area contributed by atoms with Crippen LogP contribution in [0.2, 0.25) is 0 Å². The Morgan fingerprint density at radius 1 is 0.977 bits per heavy atom. The molecular weight excluding hydrogens is 587 g/mol. The summed E-state index contributed by atoms with van der Waals surface area (Å²) < 4.78 is 57.0. The Morgan fingerprint density at radius 3 is 2.14 bits per heavy atom. The number of phosphoric acid groups is 1. The number of ether oxygens (including phenoxy) is 5. The molecule has 1 saturated carbocycles. The van der Waals surface area contributed by atoms with Crippen LogP contribution in [0, 0.1) is 0 Å². The van der Waals surface area contributed by atoms with Gasteiger partial charge in [-0.15, -0.1) is 0 Å². The van der Waals surface area contributed by atoms with Gasteiger partial charge in [0.15, 0.2) is 5.82 Å². The number of carbonyl (C=O) groups excluding carboxylic acids is 2. The highest BCUT2D eigenvalue weighted by Gasteiger charge is 2.49. The van der Waals surface area contributed by atoms with Crippen LogP contribution in [0.4, 0.5) is 15.4 Å². The van der Waals surface area contributed by atoms with Crippen LogP contribution in [0.15, 0.2) is 24.3 Å². The van der Waals surface area contributed by atoms with E-state index in [1.807, 2.05) is 35.8 Å². The van der Waals surface area contributed by atoms with Crippen molar-refractivity contribution in [2.45, 2.75) is 71.8 Å². The summed E-state index contributed by atoms with van der Waals surface area (Å²) in [7, 11) is -4.48. The summed E-state index contributed by atoms with van der Waals surface area (Å²) in [5.41, 5.74) is 7.50. The van der Waals surface area contributed by atoms with Gasteiger partial charge in [-0.05, 0) is 53.5 Å². The van der Waals surface area contributed by atoms with E-state index < -0.39 is 51.5 Å². The van der Waals surface area contributed by atoms with Crippen molar-refractivity contribution in [1.29, 1.82) is 0 Å². The third-order valence-corrected chi connectivity index (χ3v) is 7.55. The minimum absolute atomic E-state index is 0.168. The molecule has 0 spiro atoms. The number of carbonyl (C=O) groups is 2. The SMILES string of the molecule is CCOCc1nc2c(N)nc3ccccc3c2n1C1(COP(=O)(OCOC(=O)OC(C)C)OCOC(=O)OC(C)C)CC1. The lowest BCUT2D eigenvalue weighted by atomic mass is 10.1. The van der Waals surface area contributed by atoms with Crippen LogP contribution in [-0.2, 0) is 54.0 Å². The number of nitrogens with zero attached hydrogens (tertiary/aromatic N) is 3. The van der Waals surface area contributed by atoms with Gasteiger partial charge in [0.1, 0.15) is 17.9 Å². The van der Waals surface area contributed by atoms with Gasteiger partial charge in [-0.3, -0.25) is 4.52 Å². The zero-order valence-electron chi connectivity index (χ0n) is 24.8. The molecule has 1 aliphatic rings. The second-order valence-corrected chi connectivity index (χ2v) is 11.9. The van der Waals surface area contributed by atoms with Gasteiger partial charge in [0.2, 0.25) is 13.6 Å². The number of aromatic nitrogens is 3. The van der Waals surface area contributed by atoms with Gasteiger partial charge in [0.05, 0.1) is 35.4 Å². The van der Waals surface area contributed by atoms with Crippen LogP contribution in [0.1, 0.15) is 53.3 Å². The largest absolute Gasteiger partial charge is 0.510 e. The molecule has 0 unspecified atom stereocenters. The van der Waals surface area contributed by atoms with Gasteiger partial charge in [-0.25, -0.2) is 33.2 Å². The first-order valence-electron chi connectivity index (χ1n) is 13.8. The maximum absolute atomic E-state index is 13.6. The molecular formula is C27H37N4O11P. The van der Waals surface area contributed by atoms with Gasteiger partial charge in [0, 0.05) is 12.0 Å². The highest BCUT2D eigenvalue weighted by Crippen LogP contribution is 2.55. The molecule has 16 heteroatoms. The number of hydrogen-bond acceptors (Lipinski definition) is 14. The predicted molar refractivity (Wildman–Crippen MR) is 153 cm³/mol. The van der Waals surface area contributed by atoms with E-state index in [1.54, 1.807) is 27.7 Å². The second-order valence-electron chi connectivity index (χ2n) is 10.3. The fraction of sp³-hybridized carbons (Fsp3) is 0.556. The number of phosphoric ester groups is 1. The van der Waals surface area contributed by atoms with E-state index in [1.165, 1.54) is 0 Å². The smallest absolute Gasteiger partial charge is 0.432 e. The lowest BCUT2D eigenvalue weighted by Crippen LogP contribution is -2.26. The lowest BCUT2D eigenvalue weighted by Gasteiger charge is -2.24. The quantitative estimate of drug-likeness (QED) is 0.129. The Balaban J connectivity index is 1.60. The number of benzene rings is 1. The third kappa shape index (κ3) is 8.12. The third-order valence-electron chi connectivity index (χ3n) is 6.26. The van der Waals surface area contributed by atoms with Crippen LogP contribution < -0.4 is 5.73 Å². The zero-order valence-corrected chi connectivity index (χ0v) is 25.7. The van der Waals surface area contributed by atoms with Crippen molar-refractivity contribution >= 4 is 47.9 Å². The Labute approximate surface area is 248 Å². The van der Waals surface area contributed by atoms with Crippen LogP contribution >= 0.6 is 7.82 Å². The Morgan fingerprint density at radius 2 is 1.58 bits per heavy atom. The molecule has 3 aromatic rings. The van der Waals surface area contributed by atoms with E-state index in [0.29, 0.717) is 36.3 Å². The van der Waals surface area contributed by atoms with Crippen molar-refractivity contribution in [1.82, 2.24) is 14.5 Å². The van der Waals surface area contributed by atoms with E-state index >= 15 is 0 Å². The Hall–Kier alpha value is -3.49. The summed E-state index contributed by atoms with van der Waals surface area (Å²) in [5, 5.41) is 0.818. The molecule has 0 atom stereocenters. The number of nitrogen functional groups attached to an aromatic ring is 1. The van der Waals surface area contributed by atoms with Gasteiger partial charge in [-0.2, -0.15) is 0 Å². The minimum atomic E-state index is -4.48. The molecule has 1 aromatic carbocycles. The van der Waals surface area contributed by atoms with Gasteiger partial charge in [0.25, 0.3) is 0 Å². The maximum Gasteiger partial charge on any atom is 0.510 e. The summed E-state index contributed by atoms with van der Waals surface area (Å²) in [4.78, 5) is 32.8. The van der Waals surface area contributed by atoms with E-state index in [2.05, 4.69) is 4.98 Å². The van der Waals surface area contributed by atoms with Crippen molar-refractivity contribution in [2.75, 3.05) is 32.5 Å². The molecule has 0 saturated heterocycles. The second kappa shape index (κ2) is 13.9. The van der Waals surface area contributed by atoms with Gasteiger partial charge in [-0.1, -0.05) is 18.2 Å². The Kier molecular flexibility index (Phi) is 10.5. The molecule has 4 rings (SSSR count). The fourth-order valence-corrected chi connectivity index (χ4v) is 5.25. The summed E-state index contributed by atoms with van der Waals surface area (Å²) in [6, 6.07) is 7.52. The normalized spacial score (nSPS) is 14.4. The average Bonchev–Trinajstić information content (AvgIpc) is 3.61. The molecule has 2 N–H and O–H groups in total. The van der Waals surface area contributed by atoms with Crippen LogP contribution in [0.3, 0.4) is 0 Å². The maximum atomic E-state index is 13.6. The molecule has 0 radical (unpaired) electrons. The number of anilines is 1. The van der Waals surface area contributed by atoms with Crippen molar-refractivity contribution in [3.63, 3.8) is 0 Å². The molecule has 1 fully saturated rings. The molecule has 2 heterocycles. The lowest BCUT2D eigenvalue weighted by molar-refractivity contribution is -0.0471. The summed E-state index contributed by atoms with van der Waals surface area (Å²) in [6.45, 7) is 7.24. The molecule has 0 bridgehead atoms. The van der Waals surface area contributed by atoms with Crippen LogP contribution in [0.25, 0.3) is 21.9 Å². The minimum Gasteiger partial charge on any atom is -0.432 e. The highest BCUT2D eigenvalue weighted by atomic mass is 31.2. The first-order chi connectivity index (χ1) is 20.5. The van der Waals surface area contributed by atoms with E-state index in [-0.39, 0.29) is 19.0 Å².